The number of methoxy groups -OCH3 is 1. The fourth-order valence-electron chi connectivity index (χ4n) is 5.77. The minimum Gasteiger partial charge on any atom is -0.496 e. The molecule has 0 bridgehead atoms. The molecule has 1 aliphatic carbocycles. The van der Waals surface area contributed by atoms with Crippen molar-refractivity contribution in [2.45, 2.75) is 51.0 Å². The summed E-state index contributed by atoms with van der Waals surface area (Å²) in [4.78, 5) is 33.1. The highest BCUT2D eigenvalue weighted by molar-refractivity contribution is 5.97. The predicted octanol–water partition coefficient (Wildman–Crippen LogP) is 2.61. The van der Waals surface area contributed by atoms with Crippen LogP contribution >= 0.6 is 0 Å². The van der Waals surface area contributed by atoms with E-state index in [0.29, 0.717) is 30.3 Å². The van der Waals surface area contributed by atoms with Crippen molar-refractivity contribution < 1.29 is 14.3 Å². The van der Waals surface area contributed by atoms with Crippen LogP contribution in [0.25, 0.3) is 0 Å². The van der Waals surface area contributed by atoms with Gasteiger partial charge < -0.3 is 19.9 Å². The van der Waals surface area contributed by atoms with Gasteiger partial charge in [0.15, 0.2) is 0 Å². The zero-order chi connectivity index (χ0) is 23.0. The summed E-state index contributed by atoms with van der Waals surface area (Å²) in [5.74, 6) is 1.23. The molecule has 2 amide bonds. The first-order valence-corrected chi connectivity index (χ1v) is 12.8. The quantitative estimate of drug-likeness (QED) is 0.652. The van der Waals surface area contributed by atoms with Gasteiger partial charge in [0, 0.05) is 39.3 Å². The molecule has 2 heterocycles. The number of carbonyl (C=O) groups is 2. The van der Waals surface area contributed by atoms with Crippen molar-refractivity contribution >= 4 is 11.8 Å². The lowest BCUT2D eigenvalue weighted by Gasteiger charge is -2.41. The highest BCUT2D eigenvalue weighted by atomic mass is 16.5. The first kappa shape index (κ1) is 24.0. The second-order valence-electron chi connectivity index (χ2n) is 9.71. The van der Waals surface area contributed by atoms with Crippen molar-refractivity contribution in [3.8, 4) is 5.75 Å². The van der Waals surface area contributed by atoms with E-state index in [1.54, 1.807) is 7.11 Å². The zero-order valence-corrected chi connectivity index (χ0v) is 20.1. The van der Waals surface area contributed by atoms with Gasteiger partial charge in [0.2, 0.25) is 5.91 Å². The standard InChI is InChI=1S/C26H40N4O3/c1-33-23-12-6-5-11-22(23)26(32)30-19-17-29(18-20-30)24(21-9-3-4-10-21)25(31)27-13-16-28-14-7-2-8-15-28/h5-6,11-12,21,24H,2-4,7-10,13-20H2,1H3,(H,27,31). The van der Waals surface area contributed by atoms with Crippen LogP contribution in [0.2, 0.25) is 0 Å². The molecule has 4 rings (SSSR count). The average Bonchev–Trinajstić information content (AvgIpc) is 3.39. The Hall–Kier alpha value is -2.12. The van der Waals surface area contributed by atoms with E-state index in [0.717, 1.165) is 52.1 Å². The lowest BCUT2D eigenvalue weighted by Crippen LogP contribution is -2.58. The maximum Gasteiger partial charge on any atom is 0.257 e. The molecule has 1 atom stereocenters. The van der Waals surface area contributed by atoms with Gasteiger partial charge >= 0.3 is 0 Å². The molecule has 2 aliphatic heterocycles. The number of hydrogen-bond acceptors (Lipinski definition) is 5. The Kier molecular flexibility index (Phi) is 8.62. The summed E-state index contributed by atoms with van der Waals surface area (Å²) in [6.45, 7) is 6.75. The Balaban J connectivity index is 1.33. The Morgan fingerprint density at radius 3 is 2.36 bits per heavy atom. The van der Waals surface area contributed by atoms with Crippen molar-refractivity contribution in [3.05, 3.63) is 29.8 Å². The number of rotatable bonds is 8. The molecular weight excluding hydrogens is 416 g/mol. The number of nitrogens with one attached hydrogen (secondary N) is 1. The molecule has 0 aromatic heterocycles. The summed E-state index contributed by atoms with van der Waals surface area (Å²) in [6.07, 6.45) is 8.57. The molecule has 3 aliphatic rings. The van der Waals surface area contributed by atoms with Gasteiger partial charge in [-0.15, -0.1) is 0 Å². The number of ether oxygens (including phenoxy) is 1. The first-order valence-electron chi connectivity index (χ1n) is 12.8. The zero-order valence-electron chi connectivity index (χ0n) is 20.1. The third-order valence-electron chi connectivity index (χ3n) is 7.62. The van der Waals surface area contributed by atoms with Crippen LogP contribution in [-0.2, 0) is 4.79 Å². The lowest BCUT2D eigenvalue weighted by atomic mass is 9.95. The van der Waals surface area contributed by atoms with Crippen LogP contribution in [0.5, 0.6) is 5.75 Å². The number of piperidine rings is 1. The molecule has 33 heavy (non-hydrogen) atoms. The molecule has 1 unspecified atom stereocenters. The number of nitrogens with zero attached hydrogens (tertiary/aromatic N) is 3. The van der Waals surface area contributed by atoms with E-state index in [1.807, 2.05) is 29.2 Å². The van der Waals surface area contributed by atoms with Crippen molar-refractivity contribution in [2.75, 3.05) is 59.5 Å². The van der Waals surface area contributed by atoms with Crippen LogP contribution in [0, 0.1) is 5.92 Å². The summed E-state index contributed by atoms with van der Waals surface area (Å²) in [7, 11) is 1.60. The lowest BCUT2D eigenvalue weighted by molar-refractivity contribution is -0.129. The molecule has 0 spiro atoms. The minimum absolute atomic E-state index is 0.00972. The van der Waals surface area contributed by atoms with E-state index in [4.69, 9.17) is 4.74 Å². The summed E-state index contributed by atoms with van der Waals surface area (Å²) in [5, 5.41) is 3.26. The maximum atomic E-state index is 13.3. The molecular formula is C26H40N4O3. The molecule has 1 saturated carbocycles. The van der Waals surface area contributed by atoms with Gasteiger partial charge in [0.1, 0.15) is 5.75 Å². The van der Waals surface area contributed by atoms with E-state index in [1.165, 1.54) is 32.1 Å². The van der Waals surface area contributed by atoms with Gasteiger partial charge in [-0.05, 0) is 56.8 Å². The summed E-state index contributed by atoms with van der Waals surface area (Å²) < 4.78 is 5.38. The van der Waals surface area contributed by atoms with Crippen LogP contribution in [0.3, 0.4) is 0 Å². The van der Waals surface area contributed by atoms with Gasteiger partial charge in [0.05, 0.1) is 18.7 Å². The van der Waals surface area contributed by atoms with Crippen LogP contribution in [0.15, 0.2) is 24.3 Å². The monoisotopic (exact) mass is 456 g/mol. The second-order valence-corrected chi connectivity index (χ2v) is 9.71. The van der Waals surface area contributed by atoms with Gasteiger partial charge in [-0.2, -0.15) is 0 Å². The number of hydrogen-bond donors (Lipinski definition) is 1. The number of likely N-dealkylation sites (tertiary alicyclic amines) is 1. The first-order chi connectivity index (χ1) is 16.2. The third-order valence-corrected chi connectivity index (χ3v) is 7.62. The second kappa shape index (κ2) is 11.8. The normalized spacial score (nSPS) is 21.7. The summed E-state index contributed by atoms with van der Waals surface area (Å²) in [6, 6.07) is 7.33. The SMILES string of the molecule is COc1ccccc1C(=O)N1CCN(C(C(=O)NCCN2CCCCC2)C2CCCC2)CC1. The van der Waals surface area contributed by atoms with Crippen LogP contribution in [0.4, 0.5) is 0 Å². The number of benzene rings is 1. The highest BCUT2D eigenvalue weighted by Crippen LogP contribution is 2.31. The Morgan fingerprint density at radius 1 is 0.970 bits per heavy atom. The topological polar surface area (TPSA) is 65.1 Å². The third kappa shape index (κ3) is 6.07. The van der Waals surface area contributed by atoms with Crippen LogP contribution in [0.1, 0.15) is 55.3 Å². The molecule has 1 N–H and O–H groups in total. The molecule has 2 saturated heterocycles. The van der Waals surface area contributed by atoms with E-state index >= 15 is 0 Å². The van der Waals surface area contributed by atoms with Gasteiger partial charge in [-0.25, -0.2) is 0 Å². The van der Waals surface area contributed by atoms with Gasteiger partial charge in [-0.1, -0.05) is 31.4 Å². The Labute approximate surface area is 198 Å². The van der Waals surface area contributed by atoms with Crippen LogP contribution < -0.4 is 10.1 Å². The van der Waals surface area contributed by atoms with Crippen molar-refractivity contribution in [1.82, 2.24) is 20.0 Å². The predicted molar refractivity (Wildman–Crippen MR) is 130 cm³/mol. The van der Waals surface area contributed by atoms with Crippen molar-refractivity contribution in [3.63, 3.8) is 0 Å². The molecule has 1 aromatic rings. The molecule has 0 radical (unpaired) electrons. The summed E-state index contributed by atoms with van der Waals surface area (Å²) in [5.41, 5.74) is 0.608. The number of para-hydroxylation sites is 1. The van der Waals surface area contributed by atoms with E-state index in [2.05, 4.69) is 15.1 Å². The smallest absolute Gasteiger partial charge is 0.257 e. The summed E-state index contributed by atoms with van der Waals surface area (Å²) >= 11 is 0. The van der Waals surface area contributed by atoms with Gasteiger partial charge in [0.25, 0.3) is 5.91 Å². The number of piperazine rings is 1. The van der Waals surface area contributed by atoms with E-state index in [9.17, 15) is 9.59 Å². The van der Waals surface area contributed by atoms with Gasteiger partial charge in [-0.3, -0.25) is 14.5 Å². The highest BCUT2D eigenvalue weighted by Gasteiger charge is 2.37. The Morgan fingerprint density at radius 2 is 1.67 bits per heavy atom. The Bertz CT molecular complexity index is 781. The molecule has 7 heteroatoms. The fraction of sp³-hybridized carbons (Fsp3) is 0.692. The minimum atomic E-state index is -0.0719. The van der Waals surface area contributed by atoms with Crippen molar-refractivity contribution in [2.24, 2.45) is 5.92 Å². The molecule has 7 nitrogen and oxygen atoms in total. The van der Waals surface area contributed by atoms with E-state index < -0.39 is 0 Å². The number of amides is 2. The fourth-order valence-corrected chi connectivity index (χ4v) is 5.77. The molecule has 3 fully saturated rings. The maximum absolute atomic E-state index is 13.3. The molecule has 1 aromatic carbocycles. The average molecular weight is 457 g/mol. The number of carbonyl (C=O) groups excluding carboxylic acids is 2. The van der Waals surface area contributed by atoms with E-state index in [-0.39, 0.29) is 17.9 Å². The molecule has 182 valence electrons. The van der Waals surface area contributed by atoms with Crippen LogP contribution in [-0.4, -0.2) is 92.0 Å². The largest absolute Gasteiger partial charge is 0.496 e. The van der Waals surface area contributed by atoms with Crippen molar-refractivity contribution in [1.29, 1.82) is 0 Å².